The van der Waals surface area contributed by atoms with Gasteiger partial charge in [-0.15, -0.1) is 0 Å². The van der Waals surface area contributed by atoms with Gasteiger partial charge in [-0.2, -0.15) is 0 Å². The van der Waals surface area contributed by atoms with Crippen LogP contribution in [0.2, 0.25) is 0 Å². The van der Waals surface area contributed by atoms with Gasteiger partial charge in [0.05, 0.1) is 23.8 Å². The van der Waals surface area contributed by atoms with Gasteiger partial charge in [0, 0.05) is 19.6 Å². The molecule has 0 bridgehead atoms. The van der Waals surface area contributed by atoms with E-state index in [-0.39, 0.29) is 12.1 Å². The first-order valence-corrected chi connectivity index (χ1v) is 14.9. The van der Waals surface area contributed by atoms with Crippen LogP contribution in [-0.4, -0.2) is 37.9 Å². The van der Waals surface area contributed by atoms with Gasteiger partial charge >= 0.3 is 11.9 Å². The van der Waals surface area contributed by atoms with E-state index in [1.807, 2.05) is 43.3 Å². The summed E-state index contributed by atoms with van der Waals surface area (Å²) < 4.78 is 22.4. The second-order valence-electron chi connectivity index (χ2n) is 10.2. The number of rotatable bonds is 18. The van der Waals surface area contributed by atoms with Crippen LogP contribution in [0.1, 0.15) is 92.9 Å². The lowest BCUT2D eigenvalue weighted by Gasteiger charge is -2.13. The van der Waals surface area contributed by atoms with E-state index < -0.39 is 5.97 Å². The Bertz CT molecular complexity index is 1170. The zero-order chi connectivity index (χ0) is 29.3. The van der Waals surface area contributed by atoms with Crippen molar-refractivity contribution in [1.29, 1.82) is 0 Å². The maximum atomic E-state index is 12.7. The highest BCUT2D eigenvalue weighted by molar-refractivity contribution is 5.92. The van der Waals surface area contributed by atoms with Crippen molar-refractivity contribution in [3.63, 3.8) is 0 Å². The molecule has 6 nitrogen and oxygen atoms in total. The fourth-order valence-corrected chi connectivity index (χ4v) is 4.24. The van der Waals surface area contributed by atoms with Gasteiger partial charge in [-0.3, -0.25) is 0 Å². The van der Waals surface area contributed by atoms with Gasteiger partial charge < -0.3 is 18.9 Å². The Labute approximate surface area is 245 Å². The number of benzene rings is 3. The van der Waals surface area contributed by atoms with Crippen molar-refractivity contribution in [2.75, 3.05) is 19.8 Å². The highest BCUT2D eigenvalue weighted by Gasteiger charge is 2.14. The Morgan fingerprint density at radius 2 is 1.17 bits per heavy atom. The number of esters is 2. The Hall–Kier alpha value is -3.64. The van der Waals surface area contributed by atoms with E-state index in [1.165, 1.54) is 12.8 Å². The molecule has 0 fully saturated rings. The third-order valence-corrected chi connectivity index (χ3v) is 6.73. The van der Waals surface area contributed by atoms with Gasteiger partial charge in [0.15, 0.2) is 0 Å². The molecule has 0 saturated carbocycles. The molecule has 6 heteroatoms. The predicted octanol–water partition coefficient (Wildman–Crippen LogP) is 8.67. The average Bonchev–Trinajstić information content (AvgIpc) is 2.99. The van der Waals surface area contributed by atoms with Crippen LogP contribution in [0, 0.1) is 0 Å². The van der Waals surface area contributed by atoms with E-state index in [1.54, 1.807) is 36.4 Å². The minimum Gasteiger partial charge on any atom is -0.494 e. The van der Waals surface area contributed by atoms with Gasteiger partial charge in [0.25, 0.3) is 0 Å². The summed E-state index contributed by atoms with van der Waals surface area (Å²) in [6.45, 7) is 8.39. The topological polar surface area (TPSA) is 71.1 Å². The Kier molecular flexibility index (Phi) is 13.9. The van der Waals surface area contributed by atoms with Gasteiger partial charge in [-0.05, 0) is 85.8 Å². The summed E-state index contributed by atoms with van der Waals surface area (Å²) in [6, 6.07) is 21.6. The lowest BCUT2D eigenvalue weighted by atomic mass is 10.0. The molecule has 1 atom stereocenters. The highest BCUT2D eigenvalue weighted by atomic mass is 16.5. The van der Waals surface area contributed by atoms with Crippen LogP contribution in [0.3, 0.4) is 0 Å². The van der Waals surface area contributed by atoms with Gasteiger partial charge in [-0.1, -0.05) is 63.8 Å². The molecule has 3 aromatic carbocycles. The Balaban J connectivity index is 1.44. The standard InChI is InChI=1S/C35H44O6/c1-4-6-8-9-11-27(3)40-34(36)31-18-22-33(23-19-31)41-35(37)30-14-12-28(13-15-30)29-16-20-32(21-17-29)39-26-10-25-38-24-7-5-2/h12-23,27H,4-11,24-26H2,1-3H3. The molecule has 0 N–H and O–H groups in total. The molecule has 0 heterocycles. The van der Waals surface area contributed by atoms with Crippen molar-refractivity contribution in [1.82, 2.24) is 0 Å². The second-order valence-corrected chi connectivity index (χ2v) is 10.2. The molecule has 0 aliphatic rings. The number of hydrogen-bond donors (Lipinski definition) is 0. The molecule has 0 aliphatic heterocycles. The van der Waals surface area contributed by atoms with Gasteiger partial charge in [0.1, 0.15) is 11.5 Å². The average molecular weight is 561 g/mol. The van der Waals surface area contributed by atoms with Crippen LogP contribution in [0.25, 0.3) is 11.1 Å². The zero-order valence-corrected chi connectivity index (χ0v) is 24.7. The number of ether oxygens (including phenoxy) is 4. The molecule has 0 saturated heterocycles. The van der Waals surface area contributed by atoms with Crippen LogP contribution in [-0.2, 0) is 9.47 Å². The maximum Gasteiger partial charge on any atom is 0.343 e. The van der Waals surface area contributed by atoms with E-state index in [4.69, 9.17) is 18.9 Å². The van der Waals surface area contributed by atoms with Crippen LogP contribution < -0.4 is 9.47 Å². The van der Waals surface area contributed by atoms with E-state index in [9.17, 15) is 9.59 Å². The van der Waals surface area contributed by atoms with E-state index in [2.05, 4.69) is 13.8 Å². The van der Waals surface area contributed by atoms with E-state index >= 15 is 0 Å². The first-order valence-electron chi connectivity index (χ1n) is 14.9. The first-order chi connectivity index (χ1) is 20.0. The highest BCUT2D eigenvalue weighted by Crippen LogP contribution is 2.24. The first kappa shape index (κ1) is 31.9. The van der Waals surface area contributed by atoms with E-state index in [0.717, 1.165) is 62.0 Å². The number of carbonyl (C=O) groups excluding carboxylic acids is 2. The molecule has 0 spiro atoms. The summed E-state index contributed by atoms with van der Waals surface area (Å²) >= 11 is 0. The molecule has 0 aromatic heterocycles. The summed E-state index contributed by atoms with van der Waals surface area (Å²) in [5, 5.41) is 0. The lowest BCUT2D eigenvalue weighted by molar-refractivity contribution is 0.0319. The summed E-state index contributed by atoms with van der Waals surface area (Å²) in [5.74, 6) is 0.355. The molecule has 0 aliphatic carbocycles. The molecule has 0 amide bonds. The molecule has 1 unspecified atom stereocenters. The lowest BCUT2D eigenvalue weighted by Crippen LogP contribution is -2.15. The van der Waals surface area contributed by atoms with Gasteiger partial charge in [0.2, 0.25) is 0 Å². The summed E-state index contributed by atoms with van der Waals surface area (Å²) in [4.78, 5) is 25.1. The van der Waals surface area contributed by atoms with Crippen molar-refractivity contribution in [2.45, 2.75) is 78.2 Å². The third-order valence-electron chi connectivity index (χ3n) is 6.73. The molecular formula is C35H44O6. The normalized spacial score (nSPS) is 11.6. The van der Waals surface area contributed by atoms with E-state index in [0.29, 0.717) is 30.1 Å². The monoisotopic (exact) mass is 560 g/mol. The number of hydrogen-bond acceptors (Lipinski definition) is 6. The molecule has 3 aromatic rings. The van der Waals surface area contributed by atoms with Crippen LogP contribution in [0.15, 0.2) is 72.8 Å². The summed E-state index contributed by atoms with van der Waals surface area (Å²) in [5.41, 5.74) is 2.88. The van der Waals surface area contributed by atoms with Crippen LogP contribution >= 0.6 is 0 Å². The Morgan fingerprint density at radius 1 is 0.610 bits per heavy atom. The number of carbonyl (C=O) groups is 2. The fraction of sp³-hybridized carbons (Fsp3) is 0.429. The van der Waals surface area contributed by atoms with Crippen LogP contribution in [0.5, 0.6) is 11.5 Å². The SMILES string of the molecule is CCCCCCC(C)OC(=O)c1ccc(OC(=O)c2ccc(-c3ccc(OCCCOCCCC)cc3)cc2)cc1. The van der Waals surface area contributed by atoms with Crippen molar-refractivity contribution in [2.24, 2.45) is 0 Å². The minimum absolute atomic E-state index is 0.128. The molecule has 220 valence electrons. The molecule has 41 heavy (non-hydrogen) atoms. The maximum absolute atomic E-state index is 12.7. The Morgan fingerprint density at radius 3 is 1.83 bits per heavy atom. The zero-order valence-electron chi connectivity index (χ0n) is 24.7. The van der Waals surface area contributed by atoms with Crippen molar-refractivity contribution >= 4 is 11.9 Å². The second kappa shape index (κ2) is 17.9. The smallest absolute Gasteiger partial charge is 0.343 e. The molecular weight excluding hydrogens is 516 g/mol. The minimum atomic E-state index is -0.463. The fourth-order valence-electron chi connectivity index (χ4n) is 4.24. The van der Waals surface area contributed by atoms with Crippen molar-refractivity contribution in [3.05, 3.63) is 83.9 Å². The third kappa shape index (κ3) is 11.4. The van der Waals surface area contributed by atoms with Crippen molar-refractivity contribution < 1.29 is 28.5 Å². The van der Waals surface area contributed by atoms with Gasteiger partial charge in [-0.25, -0.2) is 9.59 Å². The quantitative estimate of drug-likeness (QED) is 0.0880. The molecule has 0 radical (unpaired) electrons. The largest absolute Gasteiger partial charge is 0.494 e. The van der Waals surface area contributed by atoms with Crippen molar-refractivity contribution in [3.8, 4) is 22.6 Å². The summed E-state index contributed by atoms with van der Waals surface area (Å²) in [6.07, 6.45) is 8.41. The predicted molar refractivity (Wildman–Crippen MR) is 163 cm³/mol. The summed E-state index contributed by atoms with van der Waals surface area (Å²) in [7, 11) is 0. The van der Waals surface area contributed by atoms with Crippen LogP contribution in [0.4, 0.5) is 0 Å². The number of unbranched alkanes of at least 4 members (excludes halogenated alkanes) is 4. The molecule has 3 rings (SSSR count).